The molecule has 1 N–H and O–H groups in total. The molecule has 0 unspecified atom stereocenters. The molecule has 1 aliphatic heterocycles. The minimum absolute atomic E-state index is 0.00635. The highest BCUT2D eigenvalue weighted by Gasteiger charge is 2.29. The van der Waals surface area contributed by atoms with Gasteiger partial charge in [-0.3, -0.25) is 9.68 Å². The Bertz CT molecular complexity index is 1350. The lowest BCUT2D eigenvalue weighted by atomic mass is 10.1. The van der Waals surface area contributed by atoms with Gasteiger partial charge in [0.2, 0.25) is 5.89 Å². The monoisotopic (exact) mass is 515 g/mol. The van der Waals surface area contributed by atoms with Crippen LogP contribution >= 0.6 is 0 Å². The maximum absolute atomic E-state index is 14.9. The van der Waals surface area contributed by atoms with Gasteiger partial charge in [0.25, 0.3) is 5.89 Å². The summed E-state index contributed by atoms with van der Waals surface area (Å²) >= 11 is 0. The molecule has 0 aliphatic carbocycles. The summed E-state index contributed by atoms with van der Waals surface area (Å²) in [6.07, 6.45) is -2.99. The molecule has 8 nitrogen and oxygen atoms in total. The van der Waals surface area contributed by atoms with Crippen LogP contribution in [0.5, 0.6) is 0 Å². The first-order valence-corrected chi connectivity index (χ1v) is 12.1. The summed E-state index contributed by atoms with van der Waals surface area (Å²) in [5.74, 6) is -4.52. The number of carbonyl (C=O) groups is 1. The second kappa shape index (κ2) is 9.60. The number of alkyl halides is 2. The van der Waals surface area contributed by atoms with E-state index in [0.717, 1.165) is 29.2 Å². The third-order valence-electron chi connectivity index (χ3n) is 5.35. The molecule has 0 bridgehead atoms. The second-order valence-corrected chi connectivity index (χ2v) is 10.2. The normalized spacial score (nSPS) is 15.4. The molecular formula is C21H18F5N5O3S. The average Bonchev–Trinajstić information content (AvgIpc) is 3.31. The van der Waals surface area contributed by atoms with E-state index < -0.39 is 52.1 Å². The lowest BCUT2D eigenvalue weighted by molar-refractivity contribution is 0.116. The van der Waals surface area contributed by atoms with Crippen LogP contribution in [0.25, 0.3) is 11.5 Å². The van der Waals surface area contributed by atoms with Gasteiger partial charge in [-0.25, -0.2) is 22.2 Å². The van der Waals surface area contributed by atoms with Gasteiger partial charge in [-0.1, -0.05) is 6.07 Å². The van der Waals surface area contributed by atoms with Crippen molar-refractivity contribution in [2.24, 2.45) is 0 Å². The molecule has 0 atom stereocenters. The van der Waals surface area contributed by atoms with Gasteiger partial charge in [-0.15, -0.1) is 10.2 Å². The van der Waals surface area contributed by atoms with E-state index in [1.165, 1.54) is 17.0 Å². The van der Waals surface area contributed by atoms with Crippen LogP contribution in [0.1, 0.15) is 17.9 Å². The van der Waals surface area contributed by atoms with E-state index in [-0.39, 0.29) is 47.3 Å². The average molecular weight is 515 g/mol. The first-order chi connectivity index (χ1) is 16.5. The summed E-state index contributed by atoms with van der Waals surface area (Å²) in [6.45, 7) is -0.381. The molecule has 0 saturated carbocycles. The first-order valence-electron chi connectivity index (χ1n) is 10.2. The van der Waals surface area contributed by atoms with E-state index in [1.54, 1.807) is 0 Å². The summed E-state index contributed by atoms with van der Waals surface area (Å²) in [5, 5.41) is 6.64. The number of urea groups is 1. The zero-order valence-electron chi connectivity index (χ0n) is 17.9. The van der Waals surface area contributed by atoms with E-state index in [4.69, 9.17) is 9.20 Å². The third kappa shape index (κ3) is 5.42. The van der Waals surface area contributed by atoms with Crippen molar-refractivity contribution < 1.29 is 35.4 Å². The molecule has 4 rings (SSSR count). The van der Waals surface area contributed by atoms with Crippen LogP contribution in [0.15, 0.2) is 40.8 Å². The summed E-state index contributed by atoms with van der Waals surface area (Å²) in [6, 6.07) is 5.66. The van der Waals surface area contributed by atoms with Crippen LogP contribution in [0, 0.1) is 22.2 Å². The zero-order valence-corrected chi connectivity index (χ0v) is 18.7. The Balaban J connectivity index is 1.63. The molecule has 186 valence electrons. The summed E-state index contributed by atoms with van der Waals surface area (Å²) in [5.41, 5.74) is -0.0487. The van der Waals surface area contributed by atoms with Crippen LogP contribution in [0.4, 0.5) is 32.4 Å². The van der Waals surface area contributed by atoms with Crippen molar-refractivity contribution in [3.05, 3.63) is 65.3 Å². The topological polar surface area (TPSA) is 103 Å². The highest BCUT2D eigenvalue weighted by molar-refractivity contribution is 7.92. The minimum atomic E-state index is -2.99. The van der Waals surface area contributed by atoms with Crippen LogP contribution in [0.3, 0.4) is 0 Å². The quantitative estimate of drug-likeness (QED) is 0.501. The molecule has 2 amide bonds. The van der Waals surface area contributed by atoms with Gasteiger partial charge in [0, 0.05) is 57.2 Å². The maximum Gasteiger partial charge on any atom is 0.324 e. The molecule has 14 heteroatoms. The molecule has 0 radical (unpaired) electrons. The van der Waals surface area contributed by atoms with Gasteiger partial charge in [-0.05, 0) is 24.3 Å². The Hall–Kier alpha value is -3.55. The summed E-state index contributed by atoms with van der Waals surface area (Å²) in [4.78, 5) is 15.6. The largest absolute Gasteiger partial charge is 0.415 e. The number of nitrogens with one attached hydrogen (secondary N) is 1. The van der Waals surface area contributed by atoms with Crippen LogP contribution in [-0.4, -0.2) is 49.9 Å². The van der Waals surface area contributed by atoms with E-state index in [2.05, 4.69) is 10.2 Å². The highest BCUT2D eigenvalue weighted by atomic mass is 32.2. The molecule has 3 aromatic rings. The van der Waals surface area contributed by atoms with Gasteiger partial charge >= 0.3 is 12.5 Å². The smallest absolute Gasteiger partial charge is 0.324 e. The van der Waals surface area contributed by atoms with Crippen molar-refractivity contribution in [3.8, 4) is 11.5 Å². The molecular weight excluding hydrogens is 497 g/mol. The maximum atomic E-state index is 14.9. The first kappa shape index (κ1) is 24.6. The van der Waals surface area contributed by atoms with Gasteiger partial charge in [-0.2, -0.15) is 8.78 Å². The number of halogens is 5. The Labute approximate surface area is 196 Å². The fraction of sp³-hybridized carbons (Fsp3) is 0.286. The van der Waals surface area contributed by atoms with Crippen molar-refractivity contribution in [2.75, 3.05) is 29.5 Å². The zero-order chi connectivity index (χ0) is 25.3. The number of rotatable bonds is 5. The van der Waals surface area contributed by atoms with Gasteiger partial charge in [0.1, 0.15) is 5.82 Å². The molecule has 2 aromatic carbocycles. The Morgan fingerprint density at radius 1 is 1.06 bits per heavy atom. The lowest BCUT2D eigenvalue weighted by Gasteiger charge is -2.33. The van der Waals surface area contributed by atoms with Crippen molar-refractivity contribution in [3.63, 3.8) is 0 Å². The Morgan fingerprint density at radius 2 is 1.77 bits per heavy atom. The SMILES string of the molecule is N=S1(=O)CCN(C(=O)N(Cc2ccc(-c3nnc(C(F)F)o3)cc2F)c2ccc(F)c(F)c2)CC1. The van der Waals surface area contributed by atoms with Crippen molar-refractivity contribution in [2.45, 2.75) is 13.0 Å². The number of aromatic nitrogens is 2. The standard InChI is InChI=1S/C21H18F5N5O3S/c22-15-4-3-14(10-17(15)24)31(21(32)30-5-7-35(27,33)8-6-30)11-13-2-1-12(9-16(13)23)19-28-29-20(34-19)18(25)26/h1-4,9-10,18,27H,5-8,11H2. The van der Waals surface area contributed by atoms with Gasteiger partial charge < -0.3 is 9.32 Å². The van der Waals surface area contributed by atoms with E-state index in [0.29, 0.717) is 0 Å². The van der Waals surface area contributed by atoms with Gasteiger partial charge in [0.15, 0.2) is 11.6 Å². The lowest BCUT2D eigenvalue weighted by Crippen LogP contribution is -2.49. The minimum Gasteiger partial charge on any atom is -0.415 e. The number of benzene rings is 2. The fourth-order valence-electron chi connectivity index (χ4n) is 3.43. The van der Waals surface area contributed by atoms with Crippen molar-refractivity contribution >= 4 is 21.4 Å². The molecule has 35 heavy (non-hydrogen) atoms. The fourth-order valence-corrected chi connectivity index (χ4v) is 4.67. The molecule has 1 fully saturated rings. The number of carbonyl (C=O) groups excluding carboxylic acids is 1. The number of anilines is 1. The number of hydrogen-bond acceptors (Lipinski definition) is 6. The van der Waals surface area contributed by atoms with E-state index in [9.17, 15) is 31.0 Å². The molecule has 1 aliphatic rings. The van der Waals surface area contributed by atoms with Crippen molar-refractivity contribution in [1.29, 1.82) is 4.78 Å². The third-order valence-corrected chi connectivity index (χ3v) is 7.04. The van der Waals surface area contributed by atoms with Crippen molar-refractivity contribution in [1.82, 2.24) is 15.1 Å². The second-order valence-electron chi connectivity index (χ2n) is 7.73. The number of amides is 2. The predicted octanol–water partition coefficient (Wildman–Crippen LogP) is 4.58. The van der Waals surface area contributed by atoms with Crippen LogP contribution in [-0.2, 0) is 16.3 Å². The molecule has 0 spiro atoms. The molecule has 1 saturated heterocycles. The van der Waals surface area contributed by atoms with Crippen LogP contribution in [0.2, 0.25) is 0 Å². The number of nitrogens with zero attached hydrogens (tertiary/aromatic N) is 4. The Morgan fingerprint density at radius 3 is 2.37 bits per heavy atom. The van der Waals surface area contributed by atoms with E-state index >= 15 is 0 Å². The Kier molecular flexibility index (Phi) is 6.74. The van der Waals surface area contributed by atoms with E-state index in [1.807, 2.05) is 0 Å². The molecule has 1 aromatic heterocycles. The molecule has 2 heterocycles. The highest BCUT2D eigenvalue weighted by Crippen LogP contribution is 2.27. The number of hydrogen-bond donors (Lipinski definition) is 1. The predicted molar refractivity (Wildman–Crippen MR) is 115 cm³/mol. The van der Waals surface area contributed by atoms with Crippen LogP contribution < -0.4 is 4.90 Å². The summed E-state index contributed by atoms with van der Waals surface area (Å²) < 4.78 is 92.1. The van der Waals surface area contributed by atoms with Gasteiger partial charge in [0.05, 0.1) is 6.54 Å². The summed E-state index contributed by atoms with van der Waals surface area (Å²) in [7, 11) is -2.80.